The van der Waals surface area contributed by atoms with Crippen LogP contribution in [0.15, 0.2) is 18.2 Å². The van der Waals surface area contributed by atoms with Crippen LogP contribution in [0.4, 0.5) is 18.9 Å². The lowest BCUT2D eigenvalue weighted by Gasteiger charge is -2.38. The first kappa shape index (κ1) is 15.9. The number of rotatable bonds is 3. The van der Waals surface area contributed by atoms with Gasteiger partial charge in [0.15, 0.2) is 6.29 Å². The molecule has 0 aliphatic heterocycles. The van der Waals surface area contributed by atoms with E-state index in [9.17, 15) is 18.0 Å². The Morgan fingerprint density at radius 2 is 1.90 bits per heavy atom. The molecular formula is C16H20F3NO. The van der Waals surface area contributed by atoms with Crippen molar-refractivity contribution in [2.75, 3.05) is 11.9 Å². The second kappa shape index (κ2) is 6.08. The van der Waals surface area contributed by atoms with E-state index in [1.807, 2.05) is 11.9 Å². The maximum absolute atomic E-state index is 13.0. The average Bonchev–Trinajstić information content (AvgIpc) is 2.45. The smallest absolute Gasteiger partial charge is 0.371 e. The van der Waals surface area contributed by atoms with E-state index in [1.165, 1.54) is 12.5 Å². The minimum Gasteiger partial charge on any atom is -0.371 e. The first-order valence-corrected chi connectivity index (χ1v) is 7.24. The zero-order valence-corrected chi connectivity index (χ0v) is 12.3. The molecule has 116 valence electrons. The van der Waals surface area contributed by atoms with Crippen LogP contribution in [0.25, 0.3) is 0 Å². The number of carbonyl (C=O) groups excluding carboxylic acids is 1. The summed E-state index contributed by atoms with van der Waals surface area (Å²) in [6.45, 7) is 2.14. The van der Waals surface area contributed by atoms with Crippen LogP contribution in [0.1, 0.15) is 48.5 Å². The van der Waals surface area contributed by atoms with Gasteiger partial charge in [0, 0.05) is 24.3 Å². The standard InChI is InChI=1S/C16H20F3NO/c1-11-5-3-4-6-15(11)20(2)13-8-7-12(10-21)14(9-13)16(17,18)19/h7-11,15H,3-6H2,1-2H3. The van der Waals surface area contributed by atoms with Crippen molar-refractivity contribution in [2.24, 2.45) is 5.92 Å². The van der Waals surface area contributed by atoms with Crippen molar-refractivity contribution in [1.29, 1.82) is 0 Å². The van der Waals surface area contributed by atoms with Gasteiger partial charge in [-0.05, 0) is 37.0 Å². The van der Waals surface area contributed by atoms with Crippen molar-refractivity contribution < 1.29 is 18.0 Å². The molecule has 0 saturated heterocycles. The predicted molar refractivity (Wildman–Crippen MR) is 76.7 cm³/mol. The zero-order valence-electron chi connectivity index (χ0n) is 12.3. The van der Waals surface area contributed by atoms with E-state index in [2.05, 4.69) is 6.92 Å². The van der Waals surface area contributed by atoms with Crippen LogP contribution in [-0.2, 0) is 6.18 Å². The molecule has 2 atom stereocenters. The van der Waals surface area contributed by atoms with Crippen molar-refractivity contribution in [1.82, 2.24) is 0 Å². The second-order valence-corrected chi connectivity index (χ2v) is 5.83. The molecule has 1 aliphatic carbocycles. The number of hydrogen-bond donors (Lipinski definition) is 0. The van der Waals surface area contributed by atoms with Crippen molar-refractivity contribution in [2.45, 2.75) is 44.8 Å². The number of anilines is 1. The molecular weight excluding hydrogens is 279 g/mol. The van der Waals surface area contributed by atoms with Gasteiger partial charge in [0.1, 0.15) is 0 Å². The van der Waals surface area contributed by atoms with Crippen molar-refractivity contribution >= 4 is 12.0 Å². The van der Waals surface area contributed by atoms with Crippen LogP contribution in [0, 0.1) is 5.92 Å². The SMILES string of the molecule is CC1CCCCC1N(C)c1ccc(C=O)c(C(F)(F)F)c1. The van der Waals surface area contributed by atoms with Gasteiger partial charge in [-0.3, -0.25) is 4.79 Å². The summed E-state index contributed by atoms with van der Waals surface area (Å²) in [5.41, 5.74) is -0.645. The first-order valence-electron chi connectivity index (χ1n) is 7.24. The quantitative estimate of drug-likeness (QED) is 0.764. The summed E-state index contributed by atoms with van der Waals surface area (Å²) in [5, 5.41) is 0. The fourth-order valence-electron chi connectivity index (χ4n) is 3.18. The van der Waals surface area contributed by atoms with Gasteiger partial charge in [0.2, 0.25) is 0 Å². The molecule has 1 saturated carbocycles. The Balaban J connectivity index is 2.33. The molecule has 0 radical (unpaired) electrons. The third kappa shape index (κ3) is 3.39. The van der Waals surface area contributed by atoms with Gasteiger partial charge in [-0.2, -0.15) is 13.2 Å². The first-order chi connectivity index (χ1) is 9.84. The van der Waals surface area contributed by atoms with Gasteiger partial charge < -0.3 is 4.90 Å². The molecule has 1 fully saturated rings. The molecule has 0 N–H and O–H groups in total. The Labute approximate surface area is 122 Å². The van der Waals surface area contributed by atoms with E-state index in [-0.39, 0.29) is 17.9 Å². The fourth-order valence-corrected chi connectivity index (χ4v) is 3.18. The number of carbonyl (C=O) groups is 1. The summed E-state index contributed by atoms with van der Waals surface area (Å²) in [5.74, 6) is 0.462. The lowest BCUT2D eigenvalue weighted by Crippen LogP contribution is -2.39. The van der Waals surface area contributed by atoms with Crippen LogP contribution in [-0.4, -0.2) is 19.4 Å². The van der Waals surface area contributed by atoms with Crippen molar-refractivity contribution in [3.8, 4) is 0 Å². The van der Waals surface area contributed by atoms with Crippen LogP contribution in [0.5, 0.6) is 0 Å². The molecule has 21 heavy (non-hydrogen) atoms. The molecule has 2 rings (SSSR count). The summed E-state index contributed by atoms with van der Waals surface area (Å²) >= 11 is 0. The molecule has 0 bridgehead atoms. The van der Waals surface area contributed by atoms with E-state index in [1.54, 1.807) is 6.07 Å². The topological polar surface area (TPSA) is 20.3 Å². The molecule has 5 heteroatoms. The van der Waals surface area contributed by atoms with Crippen LogP contribution in [0.3, 0.4) is 0 Å². The van der Waals surface area contributed by atoms with Gasteiger partial charge in [-0.25, -0.2) is 0 Å². The number of benzene rings is 1. The lowest BCUT2D eigenvalue weighted by molar-refractivity contribution is -0.137. The molecule has 0 heterocycles. The van der Waals surface area contributed by atoms with Crippen LogP contribution < -0.4 is 4.90 Å². The van der Waals surface area contributed by atoms with Gasteiger partial charge in [0.25, 0.3) is 0 Å². The van der Waals surface area contributed by atoms with Gasteiger partial charge in [0.05, 0.1) is 5.56 Å². The van der Waals surface area contributed by atoms with E-state index < -0.39 is 11.7 Å². The molecule has 1 aromatic carbocycles. The van der Waals surface area contributed by atoms with Gasteiger partial charge >= 0.3 is 6.18 Å². The maximum atomic E-state index is 13.0. The summed E-state index contributed by atoms with van der Waals surface area (Å²) in [6, 6.07) is 4.20. The monoisotopic (exact) mass is 299 g/mol. The third-order valence-corrected chi connectivity index (χ3v) is 4.44. The summed E-state index contributed by atoms with van der Waals surface area (Å²) in [6.07, 6.45) is 0.143. The summed E-state index contributed by atoms with van der Waals surface area (Å²) < 4.78 is 39.1. The van der Waals surface area contributed by atoms with E-state index in [0.717, 1.165) is 25.3 Å². The molecule has 2 nitrogen and oxygen atoms in total. The third-order valence-electron chi connectivity index (χ3n) is 4.44. The van der Waals surface area contributed by atoms with Crippen LogP contribution in [0.2, 0.25) is 0 Å². The van der Waals surface area contributed by atoms with Gasteiger partial charge in [-0.1, -0.05) is 19.8 Å². The normalized spacial score (nSPS) is 22.9. The highest BCUT2D eigenvalue weighted by Crippen LogP contribution is 2.36. The summed E-state index contributed by atoms with van der Waals surface area (Å²) in [7, 11) is 1.84. The summed E-state index contributed by atoms with van der Waals surface area (Å²) in [4.78, 5) is 12.7. The average molecular weight is 299 g/mol. The van der Waals surface area contributed by atoms with Crippen molar-refractivity contribution in [3.63, 3.8) is 0 Å². The number of halogens is 3. The number of hydrogen-bond acceptors (Lipinski definition) is 2. The fraction of sp³-hybridized carbons (Fsp3) is 0.562. The zero-order chi connectivity index (χ0) is 15.6. The highest BCUT2D eigenvalue weighted by molar-refractivity contribution is 5.79. The molecule has 1 aromatic rings. The maximum Gasteiger partial charge on any atom is 0.417 e. The van der Waals surface area contributed by atoms with E-state index in [0.29, 0.717) is 11.6 Å². The second-order valence-electron chi connectivity index (χ2n) is 5.83. The largest absolute Gasteiger partial charge is 0.417 e. The molecule has 0 spiro atoms. The highest BCUT2D eigenvalue weighted by atomic mass is 19.4. The van der Waals surface area contributed by atoms with E-state index in [4.69, 9.17) is 0 Å². The molecule has 2 unspecified atom stereocenters. The Kier molecular flexibility index (Phi) is 4.59. The number of nitrogens with zero attached hydrogens (tertiary/aromatic N) is 1. The lowest BCUT2D eigenvalue weighted by atomic mass is 9.85. The Bertz CT molecular complexity index is 513. The predicted octanol–water partition coefficient (Wildman–Crippen LogP) is 4.53. The minimum absolute atomic E-state index is 0.252. The minimum atomic E-state index is -4.51. The highest BCUT2D eigenvalue weighted by Gasteiger charge is 2.34. The molecule has 1 aliphatic rings. The Hall–Kier alpha value is -1.52. The van der Waals surface area contributed by atoms with Crippen LogP contribution >= 0.6 is 0 Å². The molecule has 0 aromatic heterocycles. The van der Waals surface area contributed by atoms with Crippen molar-refractivity contribution in [3.05, 3.63) is 29.3 Å². The number of aldehydes is 1. The Morgan fingerprint density at radius 1 is 1.24 bits per heavy atom. The molecule has 0 amide bonds. The van der Waals surface area contributed by atoms with Gasteiger partial charge in [-0.15, -0.1) is 0 Å². The number of alkyl halides is 3. The van der Waals surface area contributed by atoms with E-state index >= 15 is 0 Å². The Morgan fingerprint density at radius 3 is 2.48 bits per heavy atom.